The van der Waals surface area contributed by atoms with Gasteiger partial charge >= 0.3 is 6.18 Å². The van der Waals surface area contributed by atoms with Crippen molar-refractivity contribution >= 4 is 29.7 Å². The predicted octanol–water partition coefficient (Wildman–Crippen LogP) is 5.04. The first-order valence-corrected chi connectivity index (χ1v) is 14.5. The monoisotopic (exact) mass is 634 g/mol. The van der Waals surface area contributed by atoms with E-state index in [0.29, 0.717) is 62.3 Å². The van der Waals surface area contributed by atoms with Gasteiger partial charge in [-0.15, -0.1) is 12.4 Å². The minimum atomic E-state index is -4.54. The van der Waals surface area contributed by atoms with Gasteiger partial charge in [0.05, 0.1) is 30.7 Å². The van der Waals surface area contributed by atoms with E-state index in [4.69, 9.17) is 14.5 Å². The third-order valence-electron chi connectivity index (χ3n) is 7.80. The molecule has 2 saturated heterocycles. The number of nitrogens with one attached hydrogen (secondary N) is 2. The summed E-state index contributed by atoms with van der Waals surface area (Å²) in [4.78, 5) is 26.6. The fraction of sp³-hybridized carbons (Fsp3) is 0.452. The van der Waals surface area contributed by atoms with E-state index in [1.54, 1.807) is 12.3 Å². The summed E-state index contributed by atoms with van der Waals surface area (Å²) < 4.78 is 51.3. The van der Waals surface area contributed by atoms with E-state index in [9.17, 15) is 18.0 Å². The molecule has 0 spiro atoms. The summed E-state index contributed by atoms with van der Waals surface area (Å²) in [5, 5.41) is 6.18. The summed E-state index contributed by atoms with van der Waals surface area (Å²) in [7, 11) is 0. The van der Waals surface area contributed by atoms with Gasteiger partial charge in [0.15, 0.2) is 0 Å². The molecule has 2 unspecified atom stereocenters. The molecule has 2 N–H and O–H groups in total. The summed E-state index contributed by atoms with van der Waals surface area (Å²) in [5.41, 5.74) is 2.44. The van der Waals surface area contributed by atoms with Crippen molar-refractivity contribution in [3.63, 3.8) is 0 Å². The van der Waals surface area contributed by atoms with Gasteiger partial charge in [-0.2, -0.15) is 13.2 Å². The molecule has 2 fully saturated rings. The number of carbonyl (C=O) groups excluding carboxylic acids is 1. The predicted molar refractivity (Wildman–Crippen MR) is 166 cm³/mol. The number of piperazine rings is 1. The number of nitrogens with zero attached hydrogens (tertiary/aromatic N) is 4. The molecule has 2 aromatic heterocycles. The minimum absolute atomic E-state index is 0. The zero-order valence-corrected chi connectivity index (χ0v) is 25.8. The summed E-state index contributed by atoms with van der Waals surface area (Å²) in [6.07, 6.45) is -1.34. The molecule has 0 bridgehead atoms. The Morgan fingerprint density at radius 3 is 2.66 bits per heavy atom. The standard InChI is InChI=1S/C31H37F3N6O3.ClH/c1-20-19-40(21(2)16-35-20)9-12-43-30-28(39-7-10-42-11-8-39)14-24(17-37-30)27-15-26(18-36-22(27)3)38-29(41)23-5-4-6-25(13-23)31(32,33)34;/h4-6,13-15,17-18,20-21,35H,7-12,16,19H2,1-3H3,(H,38,41);1H. The van der Waals surface area contributed by atoms with Gasteiger partial charge in [0.1, 0.15) is 12.3 Å². The van der Waals surface area contributed by atoms with Gasteiger partial charge in [-0.3, -0.25) is 14.7 Å². The van der Waals surface area contributed by atoms with Gasteiger partial charge in [-0.1, -0.05) is 6.07 Å². The summed E-state index contributed by atoms with van der Waals surface area (Å²) >= 11 is 0. The number of aromatic nitrogens is 2. The van der Waals surface area contributed by atoms with Gasteiger partial charge < -0.3 is 25.0 Å². The number of amides is 1. The summed E-state index contributed by atoms with van der Waals surface area (Å²) in [5.74, 6) is -0.118. The van der Waals surface area contributed by atoms with Crippen molar-refractivity contribution in [1.82, 2.24) is 20.2 Å². The maximum absolute atomic E-state index is 13.2. The van der Waals surface area contributed by atoms with Crippen molar-refractivity contribution < 1.29 is 27.4 Å². The third-order valence-corrected chi connectivity index (χ3v) is 7.80. The highest BCUT2D eigenvalue weighted by Crippen LogP contribution is 2.34. The number of pyridine rings is 2. The number of morpholine rings is 1. The van der Waals surface area contributed by atoms with Crippen molar-refractivity contribution in [3.8, 4) is 17.0 Å². The van der Waals surface area contributed by atoms with Crippen molar-refractivity contribution in [1.29, 1.82) is 0 Å². The number of carbonyl (C=O) groups is 1. The first-order chi connectivity index (χ1) is 20.6. The Hall–Kier alpha value is -3.45. The van der Waals surface area contributed by atoms with Crippen LogP contribution in [0, 0.1) is 6.92 Å². The lowest BCUT2D eigenvalue weighted by molar-refractivity contribution is -0.137. The molecule has 1 amide bonds. The molecule has 0 saturated carbocycles. The molecule has 2 aliphatic heterocycles. The van der Waals surface area contributed by atoms with E-state index in [0.717, 1.165) is 48.6 Å². The first kappa shape index (κ1) is 33.4. The van der Waals surface area contributed by atoms with Gasteiger partial charge in [-0.05, 0) is 51.1 Å². The van der Waals surface area contributed by atoms with E-state index >= 15 is 0 Å². The number of halogens is 4. The van der Waals surface area contributed by atoms with Crippen LogP contribution >= 0.6 is 12.4 Å². The van der Waals surface area contributed by atoms with Crippen LogP contribution in [0.2, 0.25) is 0 Å². The Morgan fingerprint density at radius 2 is 1.91 bits per heavy atom. The lowest BCUT2D eigenvalue weighted by Gasteiger charge is -2.37. The Bertz CT molecular complexity index is 1440. The molecule has 9 nitrogen and oxygen atoms in total. The van der Waals surface area contributed by atoms with Crippen molar-refractivity contribution in [2.75, 3.05) is 62.8 Å². The van der Waals surface area contributed by atoms with E-state index in [1.807, 2.05) is 13.0 Å². The Morgan fingerprint density at radius 1 is 1.14 bits per heavy atom. The molecule has 3 aromatic rings. The molecule has 5 rings (SSSR count). The lowest BCUT2D eigenvalue weighted by Crippen LogP contribution is -2.55. The number of benzene rings is 1. The normalized spacial score (nSPS) is 19.3. The highest BCUT2D eigenvalue weighted by molar-refractivity contribution is 6.04. The number of ether oxygens (including phenoxy) is 2. The van der Waals surface area contributed by atoms with E-state index in [1.165, 1.54) is 18.3 Å². The highest BCUT2D eigenvalue weighted by Gasteiger charge is 2.31. The molecule has 1 aromatic carbocycles. The zero-order chi connectivity index (χ0) is 30.6. The lowest BCUT2D eigenvalue weighted by atomic mass is 10.0. The van der Waals surface area contributed by atoms with Crippen molar-refractivity contribution in [3.05, 3.63) is 65.6 Å². The molecular formula is C31H38ClF3N6O3. The Balaban J connectivity index is 0.00000442. The van der Waals surface area contributed by atoms with Crippen LogP contribution in [0.1, 0.15) is 35.5 Å². The largest absolute Gasteiger partial charge is 0.475 e. The van der Waals surface area contributed by atoms with Crippen LogP contribution < -0.4 is 20.3 Å². The maximum atomic E-state index is 13.2. The van der Waals surface area contributed by atoms with Crippen LogP contribution in [0.5, 0.6) is 5.88 Å². The van der Waals surface area contributed by atoms with Crippen molar-refractivity contribution in [2.24, 2.45) is 0 Å². The molecule has 2 atom stereocenters. The van der Waals surface area contributed by atoms with Crippen LogP contribution in [0.3, 0.4) is 0 Å². The fourth-order valence-corrected chi connectivity index (χ4v) is 5.33. The quantitative estimate of drug-likeness (QED) is 0.356. The number of anilines is 2. The van der Waals surface area contributed by atoms with E-state index in [2.05, 4.69) is 39.3 Å². The second kappa shape index (κ2) is 14.6. The molecule has 4 heterocycles. The SMILES string of the molecule is Cc1ncc(NC(=O)c2cccc(C(F)(F)F)c2)cc1-c1cnc(OCCN2CC(C)NCC2C)c(N2CCOCC2)c1.Cl. The van der Waals surface area contributed by atoms with Gasteiger partial charge in [0.25, 0.3) is 5.91 Å². The minimum Gasteiger partial charge on any atom is -0.475 e. The van der Waals surface area contributed by atoms with Crippen molar-refractivity contribution in [2.45, 2.75) is 39.0 Å². The smallest absolute Gasteiger partial charge is 0.416 e. The summed E-state index contributed by atoms with van der Waals surface area (Å²) in [6, 6.07) is 8.93. The third kappa shape index (κ3) is 8.17. The molecule has 13 heteroatoms. The molecule has 44 heavy (non-hydrogen) atoms. The van der Waals surface area contributed by atoms with Gasteiger partial charge in [-0.25, -0.2) is 4.98 Å². The number of hydrogen-bond acceptors (Lipinski definition) is 8. The molecule has 2 aliphatic rings. The van der Waals surface area contributed by atoms with E-state index < -0.39 is 17.6 Å². The number of aryl methyl sites for hydroxylation is 1. The highest BCUT2D eigenvalue weighted by atomic mass is 35.5. The average Bonchev–Trinajstić information content (AvgIpc) is 3.00. The van der Waals surface area contributed by atoms with Crippen LogP contribution in [0.25, 0.3) is 11.1 Å². The zero-order valence-electron chi connectivity index (χ0n) is 25.0. The van der Waals surface area contributed by atoms with Gasteiger partial charge in [0.2, 0.25) is 5.88 Å². The number of hydrogen-bond donors (Lipinski definition) is 2. The first-order valence-electron chi connectivity index (χ1n) is 14.5. The fourth-order valence-electron chi connectivity index (χ4n) is 5.33. The number of rotatable bonds is 8. The Kier molecular flexibility index (Phi) is 11.1. The maximum Gasteiger partial charge on any atom is 0.416 e. The Labute approximate surface area is 261 Å². The molecule has 0 aliphatic carbocycles. The van der Waals surface area contributed by atoms with Gasteiger partial charge in [0, 0.05) is 73.4 Å². The molecule has 238 valence electrons. The molecule has 0 radical (unpaired) electrons. The molecular weight excluding hydrogens is 597 g/mol. The van der Waals surface area contributed by atoms with Crippen LogP contribution in [0.4, 0.5) is 24.5 Å². The topological polar surface area (TPSA) is 91.8 Å². The second-order valence-corrected chi connectivity index (χ2v) is 11.0. The van der Waals surface area contributed by atoms with E-state index in [-0.39, 0.29) is 18.0 Å². The van der Waals surface area contributed by atoms with Crippen LogP contribution in [0.15, 0.2) is 48.8 Å². The number of alkyl halides is 3. The van der Waals surface area contributed by atoms with Crippen LogP contribution in [-0.4, -0.2) is 85.4 Å². The summed E-state index contributed by atoms with van der Waals surface area (Å²) in [6.45, 7) is 12.0. The second-order valence-electron chi connectivity index (χ2n) is 11.0. The van der Waals surface area contributed by atoms with Crippen LogP contribution in [-0.2, 0) is 10.9 Å². The average molecular weight is 635 g/mol.